The van der Waals surface area contributed by atoms with Gasteiger partial charge in [0.2, 0.25) is 0 Å². The number of hydrogen-bond acceptors (Lipinski definition) is 3. The molecule has 0 fully saturated rings. The Balaban J connectivity index is 2.05. The number of nitrogens with zero attached hydrogens (tertiary/aromatic N) is 1. The van der Waals surface area contributed by atoms with E-state index < -0.39 is 0 Å². The fourth-order valence-corrected chi connectivity index (χ4v) is 1.95. The summed E-state index contributed by atoms with van der Waals surface area (Å²) in [7, 11) is 0. The first-order valence-electron chi connectivity index (χ1n) is 4.43. The summed E-state index contributed by atoms with van der Waals surface area (Å²) in [6.07, 6.45) is 3.31. The summed E-state index contributed by atoms with van der Waals surface area (Å²) in [5.41, 5.74) is 0.875. The van der Waals surface area contributed by atoms with E-state index >= 15 is 0 Å². The summed E-state index contributed by atoms with van der Waals surface area (Å²) in [5, 5.41) is 3.63. The number of nitrogens with one attached hydrogen (secondary N) is 1. The highest BCUT2D eigenvalue weighted by Gasteiger charge is 2.04. The van der Waals surface area contributed by atoms with Crippen molar-refractivity contribution in [2.24, 2.45) is 0 Å². The zero-order valence-electron chi connectivity index (χ0n) is 8.01. The first-order chi connectivity index (χ1) is 7.66. The van der Waals surface area contributed by atoms with Gasteiger partial charge >= 0.3 is 0 Å². The highest BCUT2D eigenvalue weighted by atomic mass is 79.9. The van der Waals surface area contributed by atoms with Crippen LogP contribution in [-0.4, -0.2) is 4.98 Å². The molecule has 0 aliphatic rings. The number of halogens is 3. The van der Waals surface area contributed by atoms with Gasteiger partial charge in [0.25, 0.3) is 0 Å². The highest BCUT2D eigenvalue weighted by molar-refractivity contribution is 9.10. The van der Waals surface area contributed by atoms with Crippen LogP contribution in [0.1, 0.15) is 5.76 Å². The van der Waals surface area contributed by atoms with Crippen LogP contribution in [0.4, 0.5) is 5.69 Å². The fourth-order valence-electron chi connectivity index (χ4n) is 1.15. The molecular weight excluding hydrogens is 359 g/mol. The first kappa shape index (κ1) is 12.0. The number of furan rings is 1. The van der Waals surface area contributed by atoms with Gasteiger partial charge < -0.3 is 9.73 Å². The van der Waals surface area contributed by atoms with E-state index in [1.807, 2.05) is 12.1 Å². The van der Waals surface area contributed by atoms with Crippen LogP contribution < -0.4 is 5.32 Å². The predicted molar refractivity (Wildman–Crippen MR) is 70.7 cm³/mol. The molecule has 0 atom stereocenters. The van der Waals surface area contributed by atoms with Crippen molar-refractivity contribution in [2.75, 3.05) is 5.32 Å². The first-order valence-corrected chi connectivity index (χ1v) is 6.40. The normalized spacial score (nSPS) is 10.4. The van der Waals surface area contributed by atoms with E-state index in [9.17, 15) is 0 Å². The summed E-state index contributed by atoms with van der Waals surface area (Å²) < 4.78 is 6.98. The van der Waals surface area contributed by atoms with Crippen LogP contribution in [0.15, 0.2) is 38.0 Å². The smallest absolute Gasteiger partial charge is 0.143 e. The second kappa shape index (κ2) is 5.21. The van der Waals surface area contributed by atoms with E-state index in [4.69, 9.17) is 16.0 Å². The summed E-state index contributed by atoms with van der Waals surface area (Å²) >= 11 is 12.5. The van der Waals surface area contributed by atoms with Gasteiger partial charge in [0, 0.05) is 0 Å². The van der Waals surface area contributed by atoms with Gasteiger partial charge in [-0.3, -0.25) is 0 Å². The lowest BCUT2D eigenvalue weighted by Crippen LogP contribution is -1.99. The molecule has 2 rings (SSSR count). The Kier molecular flexibility index (Phi) is 3.89. The second-order valence-electron chi connectivity index (χ2n) is 3.04. The largest absolute Gasteiger partial charge is 0.466 e. The molecule has 0 aliphatic carbocycles. The Labute approximate surface area is 114 Å². The molecule has 0 aromatic carbocycles. The summed E-state index contributed by atoms with van der Waals surface area (Å²) in [4.78, 5) is 4.01. The molecule has 0 aliphatic heterocycles. The quantitative estimate of drug-likeness (QED) is 0.815. The summed E-state index contributed by atoms with van der Waals surface area (Å²) in [5.74, 6) is 0.839. The molecule has 2 aromatic rings. The van der Waals surface area contributed by atoms with E-state index in [1.165, 1.54) is 0 Å². The standard InChI is InChI=1S/C10H7Br2ClN2O/c11-7-1-2-16-9(7)5-14-6-3-8(12)10(13)15-4-6/h1-4,14H,5H2. The van der Waals surface area contributed by atoms with Crippen molar-refractivity contribution in [2.45, 2.75) is 6.54 Å². The van der Waals surface area contributed by atoms with Gasteiger partial charge in [0.05, 0.1) is 33.6 Å². The van der Waals surface area contributed by atoms with E-state index in [0.29, 0.717) is 11.7 Å². The lowest BCUT2D eigenvalue weighted by atomic mass is 10.4. The molecule has 0 bridgehead atoms. The second-order valence-corrected chi connectivity index (χ2v) is 5.11. The molecule has 0 radical (unpaired) electrons. The number of pyridine rings is 1. The van der Waals surface area contributed by atoms with Crippen LogP contribution in [-0.2, 0) is 6.54 Å². The minimum Gasteiger partial charge on any atom is -0.466 e. The van der Waals surface area contributed by atoms with Crippen LogP contribution in [0.5, 0.6) is 0 Å². The number of rotatable bonds is 3. The average Bonchev–Trinajstić information content (AvgIpc) is 2.66. The SMILES string of the molecule is Clc1ncc(NCc2occc2Br)cc1Br. The van der Waals surface area contributed by atoms with Gasteiger partial charge in [-0.1, -0.05) is 11.6 Å². The third-order valence-electron chi connectivity index (χ3n) is 1.94. The minimum atomic E-state index is 0.449. The van der Waals surface area contributed by atoms with Crippen molar-refractivity contribution < 1.29 is 4.42 Å². The molecule has 16 heavy (non-hydrogen) atoms. The van der Waals surface area contributed by atoms with Crippen LogP contribution in [0.25, 0.3) is 0 Å². The molecule has 84 valence electrons. The zero-order chi connectivity index (χ0) is 11.5. The van der Waals surface area contributed by atoms with Gasteiger partial charge in [0.1, 0.15) is 10.9 Å². The topological polar surface area (TPSA) is 38.1 Å². The van der Waals surface area contributed by atoms with Crippen molar-refractivity contribution in [3.63, 3.8) is 0 Å². The Morgan fingerprint density at radius 2 is 2.19 bits per heavy atom. The Bertz CT molecular complexity index is 501. The van der Waals surface area contributed by atoms with Crippen molar-refractivity contribution >= 4 is 49.1 Å². The van der Waals surface area contributed by atoms with E-state index in [-0.39, 0.29) is 0 Å². The predicted octanol–water partition coefficient (Wildman–Crippen LogP) is 4.47. The van der Waals surface area contributed by atoms with Gasteiger partial charge in [0.15, 0.2) is 0 Å². The molecule has 2 heterocycles. The Morgan fingerprint density at radius 1 is 1.38 bits per heavy atom. The molecule has 0 saturated carbocycles. The minimum absolute atomic E-state index is 0.449. The molecular formula is C10H7Br2ClN2O. The molecule has 2 aromatic heterocycles. The van der Waals surface area contributed by atoms with Gasteiger partial charge in [-0.25, -0.2) is 4.98 Å². The highest BCUT2D eigenvalue weighted by Crippen LogP contribution is 2.24. The number of aromatic nitrogens is 1. The van der Waals surface area contributed by atoms with E-state index in [1.54, 1.807) is 12.5 Å². The van der Waals surface area contributed by atoms with Crippen LogP contribution >= 0.6 is 43.5 Å². The third kappa shape index (κ3) is 2.78. The third-order valence-corrected chi connectivity index (χ3v) is 3.78. The Hall–Kier alpha value is -0.520. The van der Waals surface area contributed by atoms with Crippen molar-refractivity contribution in [3.8, 4) is 0 Å². The lowest BCUT2D eigenvalue weighted by Gasteiger charge is -2.05. The summed E-state index contributed by atoms with van der Waals surface area (Å²) in [6.45, 7) is 0.587. The monoisotopic (exact) mass is 364 g/mol. The Morgan fingerprint density at radius 3 is 2.81 bits per heavy atom. The van der Waals surface area contributed by atoms with E-state index in [0.717, 1.165) is 20.4 Å². The number of hydrogen-bond donors (Lipinski definition) is 1. The van der Waals surface area contributed by atoms with Crippen LogP contribution in [0.3, 0.4) is 0 Å². The molecule has 3 nitrogen and oxygen atoms in total. The maximum atomic E-state index is 5.79. The molecule has 0 amide bonds. The average molecular weight is 366 g/mol. The van der Waals surface area contributed by atoms with Gasteiger partial charge in [-0.2, -0.15) is 0 Å². The number of anilines is 1. The fraction of sp³-hybridized carbons (Fsp3) is 0.100. The molecule has 0 unspecified atom stereocenters. The lowest BCUT2D eigenvalue weighted by molar-refractivity contribution is 0.516. The van der Waals surface area contributed by atoms with Crippen molar-refractivity contribution in [1.29, 1.82) is 0 Å². The van der Waals surface area contributed by atoms with Crippen molar-refractivity contribution in [1.82, 2.24) is 4.98 Å². The molecule has 6 heteroatoms. The van der Waals surface area contributed by atoms with Gasteiger partial charge in [-0.05, 0) is 44.0 Å². The zero-order valence-corrected chi connectivity index (χ0v) is 11.9. The molecule has 0 saturated heterocycles. The van der Waals surface area contributed by atoms with Crippen LogP contribution in [0.2, 0.25) is 5.15 Å². The van der Waals surface area contributed by atoms with Gasteiger partial charge in [-0.15, -0.1) is 0 Å². The molecule has 0 spiro atoms. The summed E-state index contributed by atoms with van der Waals surface area (Å²) in [6, 6.07) is 3.72. The van der Waals surface area contributed by atoms with E-state index in [2.05, 4.69) is 42.2 Å². The van der Waals surface area contributed by atoms with Crippen molar-refractivity contribution in [3.05, 3.63) is 44.5 Å². The maximum Gasteiger partial charge on any atom is 0.143 e. The van der Waals surface area contributed by atoms with Crippen LogP contribution in [0, 0.1) is 0 Å². The maximum absolute atomic E-state index is 5.79. The molecule has 1 N–H and O–H groups in total.